The monoisotopic (exact) mass is 288 g/mol. The molecule has 1 aromatic rings. The van der Waals surface area contributed by atoms with Gasteiger partial charge in [0.25, 0.3) is 0 Å². The summed E-state index contributed by atoms with van der Waals surface area (Å²) in [6.07, 6.45) is 1.77. The maximum Gasteiger partial charge on any atom is 0.232 e. The topological polar surface area (TPSA) is 49.4 Å². The molecular formula is C17H24N2O2. The molecule has 0 fully saturated rings. The van der Waals surface area contributed by atoms with Gasteiger partial charge in [0.15, 0.2) is 0 Å². The van der Waals surface area contributed by atoms with Crippen molar-refractivity contribution in [1.82, 2.24) is 10.2 Å². The van der Waals surface area contributed by atoms with Gasteiger partial charge in [-0.05, 0) is 29.9 Å². The van der Waals surface area contributed by atoms with Crippen LogP contribution in [0.4, 0.5) is 0 Å². The van der Waals surface area contributed by atoms with Gasteiger partial charge in [-0.25, -0.2) is 0 Å². The molecule has 1 aliphatic rings. The summed E-state index contributed by atoms with van der Waals surface area (Å²) in [5, 5.41) is 2.82. The highest BCUT2D eigenvalue weighted by Gasteiger charge is 2.21. The molecule has 2 amide bonds. The average Bonchev–Trinajstić information content (AvgIpc) is 2.46. The Kier molecular flexibility index (Phi) is 5.37. The summed E-state index contributed by atoms with van der Waals surface area (Å²) in [5.41, 5.74) is 2.50. The first-order valence-electron chi connectivity index (χ1n) is 7.67. The Balaban J connectivity index is 1.81. The minimum atomic E-state index is -0.167. The van der Waals surface area contributed by atoms with E-state index >= 15 is 0 Å². The van der Waals surface area contributed by atoms with Crippen LogP contribution in [-0.4, -0.2) is 29.8 Å². The van der Waals surface area contributed by atoms with Gasteiger partial charge in [0.2, 0.25) is 11.8 Å². The van der Waals surface area contributed by atoms with Gasteiger partial charge in [-0.2, -0.15) is 0 Å². The summed E-state index contributed by atoms with van der Waals surface area (Å²) in [6, 6.07) is 8.18. The van der Waals surface area contributed by atoms with E-state index in [1.54, 1.807) is 4.90 Å². The minimum absolute atomic E-state index is 0.0414. The Bertz CT molecular complexity index is 511. The van der Waals surface area contributed by atoms with Crippen molar-refractivity contribution in [3.8, 4) is 0 Å². The van der Waals surface area contributed by atoms with Crippen LogP contribution in [0.15, 0.2) is 24.3 Å². The fourth-order valence-electron chi connectivity index (χ4n) is 2.52. The van der Waals surface area contributed by atoms with Crippen LogP contribution >= 0.6 is 0 Å². The molecule has 4 nitrogen and oxygen atoms in total. The van der Waals surface area contributed by atoms with E-state index in [1.807, 2.05) is 12.1 Å². The Morgan fingerprint density at radius 2 is 1.95 bits per heavy atom. The van der Waals surface area contributed by atoms with Gasteiger partial charge in [-0.3, -0.25) is 9.59 Å². The van der Waals surface area contributed by atoms with Gasteiger partial charge >= 0.3 is 0 Å². The molecule has 0 atom stereocenters. The number of carbonyl (C=O) groups is 2. The lowest BCUT2D eigenvalue weighted by Crippen LogP contribution is -2.39. The van der Waals surface area contributed by atoms with E-state index in [9.17, 15) is 9.59 Å². The number of nitrogens with one attached hydrogen (secondary N) is 1. The number of rotatable bonds is 5. The van der Waals surface area contributed by atoms with Crippen molar-refractivity contribution in [2.75, 3.05) is 13.1 Å². The molecule has 1 aromatic carbocycles. The molecule has 1 heterocycles. The molecule has 0 bridgehead atoms. The average molecular weight is 288 g/mol. The highest BCUT2D eigenvalue weighted by Crippen LogP contribution is 2.18. The molecular weight excluding hydrogens is 264 g/mol. The third kappa shape index (κ3) is 4.59. The Hall–Kier alpha value is -1.84. The first-order valence-corrected chi connectivity index (χ1v) is 7.67. The number of nitrogens with zero attached hydrogens (tertiary/aromatic N) is 1. The lowest BCUT2D eigenvalue weighted by atomic mass is 10.00. The SMILES string of the molecule is CC(C)CCNC(=O)CC(=O)N1CCc2ccccc2C1. The van der Waals surface area contributed by atoms with Crippen molar-refractivity contribution in [2.45, 2.75) is 39.7 Å². The van der Waals surface area contributed by atoms with E-state index in [2.05, 4.69) is 31.3 Å². The highest BCUT2D eigenvalue weighted by molar-refractivity contribution is 5.96. The summed E-state index contributed by atoms with van der Waals surface area (Å²) in [5.74, 6) is 0.311. The zero-order chi connectivity index (χ0) is 15.2. The smallest absolute Gasteiger partial charge is 0.232 e. The van der Waals surface area contributed by atoms with Crippen molar-refractivity contribution in [3.05, 3.63) is 35.4 Å². The third-order valence-electron chi connectivity index (χ3n) is 3.84. The van der Waals surface area contributed by atoms with E-state index < -0.39 is 0 Å². The van der Waals surface area contributed by atoms with Crippen LogP contribution in [0.25, 0.3) is 0 Å². The molecule has 0 aromatic heterocycles. The van der Waals surface area contributed by atoms with Crippen molar-refractivity contribution >= 4 is 11.8 Å². The van der Waals surface area contributed by atoms with Crippen LogP contribution in [0.3, 0.4) is 0 Å². The molecule has 114 valence electrons. The molecule has 0 spiro atoms. The summed E-state index contributed by atoms with van der Waals surface area (Å²) in [4.78, 5) is 25.7. The lowest BCUT2D eigenvalue weighted by Gasteiger charge is -2.28. The highest BCUT2D eigenvalue weighted by atomic mass is 16.2. The molecule has 21 heavy (non-hydrogen) atoms. The second-order valence-electron chi connectivity index (χ2n) is 6.04. The molecule has 0 radical (unpaired) electrons. The van der Waals surface area contributed by atoms with Gasteiger partial charge in [-0.15, -0.1) is 0 Å². The molecule has 2 rings (SSSR count). The van der Waals surface area contributed by atoms with Crippen molar-refractivity contribution in [1.29, 1.82) is 0 Å². The molecule has 1 N–H and O–H groups in total. The summed E-state index contributed by atoms with van der Waals surface area (Å²) in [6.45, 7) is 6.20. The van der Waals surface area contributed by atoms with Crippen LogP contribution in [0.5, 0.6) is 0 Å². The van der Waals surface area contributed by atoms with E-state index in [4.69, 9.17) is 0 Å². The van der Waals surface area contributed by atoms with Gasteiger partial charge in [0, 0.05) is 19.6 Å². The van der Waals surface area contributed by atoms with Crippen LogP contribution in [0.2, 0.25) is 0 Å². The van der Waals surface area contributed by atoms with Gasteiger partial charge in [0.05, 0.1) is 0 Å². The number of benzene rings is 1. The first-order chi connectivity index (χ1) is 10.1. The fourth-order valence-corrected chi connectivity index (χ4v) is 2.52. The number of amides is 2. The van der Waals surface area contributed by atoms with Gasteiger partial charge in [-0.1, -0.05) is 38.1 Å². The molecule has 0 aliphatic carbocycles. The second kappa shape index (κ2) is 7.25. The Morgan fingerprint density at radius 1 is 1.24 bits per heavy atom. The number of fused-ring (bicyclic) bond motifs is 1. The van der Waals surface area contributed by atoms with Gasteiger partial charge < -0.3 is 10.2 Å². The lowest BCUT2D eigenvalue weighted by molar-refractivity contribution is -0.136. The fraction of sp³-hybridized carbons (Fsp3) is 0.529. The van der Waals surface area contributed by atoms with Crippen molar-refractivity contribution in [3.63, 3.8) is 0 Å². The standard InChI is InChI=1S/C17H24N2O2/c1-13(2)7-9-18-16(20)11-17(21)19-10-8-14-5-3-4-6-15(14)12-19/h3-6,13H,7-12H2,1-2H3,(H,18,20). The first kappa shape index (κ1) is 15.5. The molecule has 4 heteroatoms. The number of hydrogen-bond donors (Lipinski definition) is 1. The van der Waals surface area contributed by atoms with E-state index in [1.165, 1.54) is 11.1 Å². The second-order valence-corrected chi connectivity index (χ2v) is 6.04. The van der Waals surface area contributed by atoms with E-state index in [0.29, 0.717) is 25.6 Å². The molecule has 0 unspecified atom stereocenters. The molecule has 1 aliphatic heterocycles. The largest absolute Gasteiger partial charge is 0.356 e. The van der Waals surface area contributed by atoms with E-state index in [0.717, 1.165) is 12.8 Å². The minimum Gasteiger partial charge on any atom is -0.356 e. The summed E-state index contributed by atoms with van der Waals surface area (Å²) >= 11 is 0. The third-order valence-corrected chi connectivity index (χ3v) is 3.84. The zero-order valence-corrected chi connectivity index (χ0v) is 12.9. The van der Waals surface area contributed by atoms with Crippen LogP contribution in [0, 0.1) is 5.92 Å². The molecule has 0 saturated carbocycles. The zero-order valence-electron chi connectivity index (χ0n) is 12.9. The van der Waals surface area contributed by atoms with Crippen molar-refractivity contribution in [2.24, 2.45) is 5.92 Å². The predicted octanol–water partition coefficient (Wildman–Crippen LogP) is 2.12. The summed E-state index contributed by atoms with van der Waals surface area (Å²) in [7, 11) is 0. The number of hydrogen-bond acceptors (Lipinski definition) is 2. The normalized spacial score (nSPS) is 14.0. The van der Waals surface area contributed by atoms with Gasteiger partial charge in [0.1, 0.15) is 6.42 Å². The van der Waals surface area contributed by atoms with Crippen LogP contribution in [-0.2, 0) is 22.6 Å². The Labute approximate surface area is 126 Å². The quantitative estimate of drug-likeness (QED) is 0.844. The Morgan fingerprint density at radius 3 is 2.67 bits per heavy atom. The van der Waals surface area contributed by atoms with Crippen molar-refractivity contribution < 1.29 is 9.59 Å². The maximum absolute atomic E-state index is 12.2. The molecule has 0 saturated heterocycles. The van der Waals surface area contributed by atoms with Crippen LogP contribution < -0.4 is 5.32 Å². The van der Waals surface area contributed by atoms with E-state index in [-0.39, 0.29) is 18.2 Å². The summed E-state index contributed by atoms with van der Waals surface area (Å²) < 4.78 is 0. The van der Waals surface area contributed by atoms with Crippen LogP contribution in [0.1, 0.15) is 37.8 Å². The predicted molar refractivity (Wildman–Crippen MR) is 82.6 cm³/mol. The number of carbonyl (C=O) groups excluding carboxylic acids is 2. The maximum atomic E-state index is 12.2.